The zero-order valence-corrected chi connectivity index (χ0v) is 9.97. The third-order valence-corrected chi connectivity index (χ3v) is 2.36. The van der Waals surface area contributed by atoms with Gasteiger partial charge in [0.05, 0.1) is 6.61 Å². The van der Waals surface area contributed by atoms with E-state index in [0.717, 1.165) is 17.7 Å². The van der Waals surface area contributed by atoms with Crippen molar-refractivity contribution in [2.75, 3.05) is 6.61 Å². The summed E-state index contributed by atoms with van der Waals surface area (Å²) in [6.07, 6.45) is 0.699. The number of rotatable bonds is 5. The van der Waals surface area contributed by atoms with Crippen molar-refractivity contribution < 1.29 is 17.7 Å². The van der Waals surface area contributed by atoms with E-state index in [1.165, 1.54) is 6.07 Å². The lowest BCUT2D eigenvalue weighted by Crippen LogP contribution is -2.34. The molecule has 0 radical (unpaired) electrons. The van der Waals surface area contributed by atoms with Gasteiger partial charge < -0.3 is 17.7 Å². The number of benzene rings is 1. The smallest absolute Gasteiger partial charge is 0.493 e. The monoisotopic (exact) mass is 243 g/mol. The van der Waals surface area contributed by atoms with Gasteiger partial charge in [0, 0.05) is 6.42 Å². The van der Waals surface area contributed by atoms with Gasteiger partial charge in [-0.2, -0.15) is 0 Å². The molecule has 0 aliphatic rings. The molecule has 0 atom stereocenters. The summed E-state index contributed by atoms with van der Waals surface area (Å²) in [7, 11) is 0. The minimum absolute atomic E-state index is 0.437. The first-order chi connectivity index (χ1) is 7.80. The van der Waals surface area contributed by atoms with Crippen LogP contribution in [0.1, 0.15) is 18.9 Å². The highest BCUT2D eigenvalue weighted by Crippen LogP contribution is 2.19. The van der Waals surface area contributed by atoms with Crippen molar-refractivity contribution in [3.05, 3.63) is 35.9 Å². The summed E-state index contributed by atoms with van der Waals surface area (Å²) < 4.78 is 42.8. The van der Waals surface area contributed by atoms with Crippen molar-refractivity contribution in [3.8, 4) is 5.75 Å². The van der Waals surface area contributed by atoms with E-state index in [4.69, 9.17) is 4.74 Å². The maximum absolute atomic E-state index is 12.5. The number of ether oxygens (including phenoxy) is 1. The molecule has 0 fully saturated rings. The lowest BCUT2D eigenvalue weighted by atomic mass is 9.79. The number of aryl methyl sites for hydroxylation is 1. The molecule has 0 saturated carbocycles. The van der Waals surface area contributed by atoms with Crippen molar-refractivity contribution in [2.24, 2.45) is 0 Å². The zero-order valence-electron chi connectivity index (χ0n) is 9.97. The van der Waals surface area contributed by atoms with Gasteiger partial charge in [0.2, 0.25) is 0 Å². The molecular formula is C12H15BF3O-. The molecular weight excluding hydrogens is 228 g/mol. The molecule has 5 heteroatoms. The molecule has 0 saturated heterocycles. The Morgan fingerprint density at radius 1 is 1.35 bits per heavy atom. The second kappa shape index (κ2) is 5.30. The second-order valence-corrected chi connectivity index (χ2v) is 4.16. The van der Waals surface area contributed by atoms with E-state index in [1.54, 1.807) is 6.92 Å². The van der Waals surface area contributed by atoms with Crippen molar-refractivity contribution >= 4 is 12.4 Å². The fourth-order valence-electron chi connectivity index (χ4n) is 1.37. The van der Waals surface area contributed by atoms with Crippen LogP contribution in [0.3, 0.4) is 0 Å². The molecule has 0 aromatic heterocycles. The molecule has 17 heavy (non-hydrogen) atoms. The molecule has 0 aliphatic carbocycles. The van der Waals surface area contributed by atoms with E-state index < -0.39 is 12.4 Å². The number of hydrogen-bond donors (Lipinski definition) is 0. The van der Waals surface area contributed by atoms with E-state index in [1.807, 2.05) is 6.92 Å². The maximum Gasteiger partial charge on any atom is 0.509 e. The molecule has 1 aromatic carbocycles. The standard InChI is InChI=1S/C12H15BF3O/c1-9(2)6-7-17-12-5-4-11(8-10(12)3)13(14,15)16/h4-5,8H,1,6-7H2,2-3H3/q-1. The number of halogens is 3. The SMILES string of the molecule is C=C(C)CCOc1ccc([B-](F)(F)F)cc1C. The Balaban J connectivity index is 2.73. The van der Waals surface area contributed by atoms with Crippen molar-refractivity contribution in [3.63, 3.8) is 0 Å². The fraction of sp³-hybridized carbons (Fsp3) is 0.333. The van der Waals surface area contributed by atoms with Crippen LogP contribution < -0.4 is 10.2 Å². The van der Waals surface area contributed by atoms with Crippen LogP contribution in [-0.2, 0) is 0 Å². The van der Waals surface area contributed by atoms with Gasteiger partial charge >= 0.3 is 6.98 Å². The van der Waals surface area contributed by atoms with Crippen LogP contribution in [0.4, 0.5) is 12.9 Å². The largest absolute Gasteiger partial charge is 0.509 e. The van der Waals surface area contributed by atoms with E-state index >= 15 is 0 Å². The van der Waals surface area contributed by atoms with Gasteiger partial charge in [-0.15, -0.1) is 12.0 Å². The fourth-order valence-corrected chi connectivity index (χ4v) is 1.37. The lowest BCUT2D eigenvalue weighted by molar-refractivity contribution is 0.319. The molecule has 0 amide bonds. The molecule has 0 spiro atoms. The maximum atomic E-state index is 12.5. The van der Waals surface area contributed by atoms with Crippen LogP contribution in [-0.4, -0.2) is 13.6 Å². The highest BCUT2D eigenvalue weighted by molar-refractivity contribution is 6.73. The lowest BCUT2D eigenvalue weighted by Gasteiger charge is -2.17. The Morgan fingerprint density at radius 3 is 2.47 bits per heavy atom. The summed E-state index contributed by atoms with van der Waals surface area (Å²) in [4.78, 5) is 0. The Morgan fingerprint density at radius 2 is 2.00 bits per heavy atom. The van der Waals surface area contributed by atoms with E-state index in [2.05, 4.69) is 6.58 Å². The molecule has 0 N–H and O–H groups in total. The first-order valence-corrected chi connectivity index (χ1v) is 5.38. The topological polar surface area (TPSA) is 9.23 Å². The Hall–Kier alpha value is -1.39. The minimum Gasteiger partial charge on any atom is -0.493 e. The first-order valence-electron chi connectivity index (χ1n) is 5.38. The molecule has 0 heterocycles. The summed E-state index contributed by atoms with van der Waals surface area (Å²) in [6, 6.07) is 3.55. The zero-order chi connectivity index (χ0) is 13.1. The Bertz CT molecular complexity index is 413. The molecule has 0 unspecified atom stereocenters. The Labute approximate surface area is 99.3 Å². The summed E-state index contributed by atoms with van der Waals surface area (Å²) >= 11 is 0. The summed E-state index contributed by atoms with van der Waals surface area (Å²) in [6.45, 7) is 2.72. The average Bonchev–Trinajstić information content (AvgIpc) is 2.18. The predicted octanol–water partition coefficient (Wildman–Crippen LogP) is 3.39. The van der Waals surface area contributed by atoms with Crippen LogP contribution >= 0.6 is 0 Å². The molecule has 1 rings (SSSR count). The molecule has 1 aromatic rings. The normalized spacial score (nSPS) is 11.4. The van der Waals surface area contributed by atoms with Gasteiger partial charge in [-0.3, -0.25) is 0 Å². The van der Waals surface area contributed by atoms with E-state index in [9.17, 15) is 12.9 Å². The second-order valence-electron chi connectivity index (χ2n) is 4.16. The third-order valence-electron chi connectivity index (χ3n) is 2.36. The van der Waals surface area contributed by atoms with Crippen LogP contribution in [0, 0.1) is 6.92 Å². The van der Waals surface area contributed by atoms with Crippen LogP contribution in [0.5, 0.6) is 5.75 Å². The van der Waals surface area contributed by atoms with Crippen molar-refractivity contribution in [2.45, 2.75) is 20.3 Å². The molecule has 0 bridgehead atoms. The van der Waals surface area contributed by atoms with Gasteiger partial charge in [0.1, 0.15) is 5.75 Å². The van der Waals surface area contributed by atoms with Crippen molar-refractivity contribution in [1.82, 2.24) is 0 Å². The van der Waals surface area contributed by atoms with Crippen molar-refractivity contribution in [1.29, 1.82) is 0 Å². The quantitative estimate of drug-likeness (QED) is 0.568. The highest BCUT2D eigenvalue weighted by atomic mass is 19.4. The highest BCUT2D eigenvalue weighted by Gasteiger charge is 2.25. The molecule has 94 valence electrons. The Kier molecular flexibility index (Phi) is 4.26. The molecule has 1 nitrogen and oxygen atoms in total. The first kappa shape index (κ1) is 13.7. The summed E-state index contributed by atoms with van der Waals surface area (Å²) in [5, 5.41) is 0. The van der Waals surface area contributed by atoms with Gasteiger partial charge in [0.15, 0.2) is 0 Å². The number of hydrogen-bond acceptors (Lipinski definition) is 1. The van der Waals surface area contributed by atoms with Gasteiger partial charge in [-0.05, 0) is 25.5 Å². The third kappa shape index (κ3) is 4.17. The predicted molar refractivity (Wildman–Crippen MR) is 64.8 cm³/mol. The van der Waals surface area contributed by atoms with Gasteiger partial charge in [-0.25, -0.2) is 0 Å². The average molecular weight is 243 g/mol. The summed E-state index contributed by atoms with van der Waals surface area (Å²) in [5.41, 5.74) is 0.899. The molecule has 0 aliphatic heterocycles. The van der Waals surface area contributed by atoms with Gasteiger partial charge in [0.25, 0.3) is 0 Å². The van der Waals surface area contributed by atoms with Crippen LogP contribution in [0.15, 0.2) is 30.4 Å². The summed E-state index contributed by atoms with van der Waals surface area (Å²) in [5.74, 6) is 0.495. The van der Waals surface area contributed by atoms with E-state index in [-0.39, 0.29) is 0 Å². The van der Waals surface area contributed by atoms with Crippen LogP contribution in [0.25, 0.3) is 0 Å². The van der Waals surface area contributed by atoms with E-state index in [0.29, 0.717) is 24.3 Å². The van der Waals surface area contributed by atoms with Gasteiger partial charge in [-0.1, -0.05) is 17.7 Å². The minimum atomic E-state index is -4.94. The van der Waals surface area contributed by atoms with Crippen LogP contribution in [0.2, 0.25) is 0 Å².